The molecule has 21 heavy (non-hydrogen) atoms. The minimum Gasteiger partial charge on any atom is -0.497 e. The van der Waals surface area contributed by atoms with Crippen molar-refractivity contribution in [2.24, 2.45) is 5.10 Å². The van der Waals surface area contributed by atoms with Crippen LogP contribution in [0.2, 0.25) is 0 Å². The molecule has 0 radical (unpaired) electrons. The molecule has 0 atom stereocenters. The van der Waals surface area contributed by atoms with Gasteiger partial charge in [0, 0.05) is 20.3 Å². The average molecular weight is 293 g/mol. The summed E-state index contributed by atoms with van der Waals surface area (Å²) in [7, 11) is 3.13. The molecule has 0 fully saturated rings. The monoisotopic (exact) mass is 293 g/mol. The number of carbonyl (C=O) groups is 2. The Morgan fingerprint density at radius 3 is 2.81 bits per heavy atom. The molecule has 7 heteroatoms. The maximum absolute atomic E-state index is 11.4. The van der Waals surface area contributed by atoms with Crippen molar-refractivity contribution in [3.05, 3.63) is 29.8 Å². The summed E-state index contributed by atoms with van der Waals surface area (Å²) in [5, 5.41) is 6.18. The largest absolute Gasteiger partial charge is 0.497 e. The third kappa shape index (κ3) is 6.53. The Morgan fingerprint density at radius 2 is 2.10 bits per heavy atom. The zero-order valence-corrected chi connectivity index (χ0v) is 12.1. The van der Waals surface area contributed by atoms with Crippen LogP contribution in [0.5, 0.6) is 5.75 Å². The molecule has 1 aromatic rings. The Morgan fingerprint density at radius 1 is 1.29 bits per heavy atom. The van der Waals surface area contributed by atoms with Crippen LogP contribution < -0.4 is 15.5 Å². The maximum Gasteiger partial charge on any atom is 0.329 e. The normalized spacial score (nSPS) is 10.4. The third-order valence-corrected chi connectivity index (χ3v) is 2.49. The lowest BCUT2D eigenvalue weighted by Crippen LogP contribution is -2.38. The molecule has 2 N–H and O–H groups in total. The van der Waals surface area contributed by atoms with E-state index in [9.17, 15) is 9.59 Å². The minimum absolute atomic E-state index is 0.375. The molecular formula is C14H19N3O4. The first-order valence-corrected chi connectivity index (χ1v) is 6.41. The number of carbonyl (C=O) groups excluding carboxylic acids is 2. The van der Waals surface area contributed by atoms with E-state index in [1.165, 1.54) is 6.21 Å². The predicted octanol–water partition coefficient (Wildman–Crippen LogP) is 0.298. The number of nitrogens with zero attached hydrogens (tertiary/aromatic N) is 1. The molecule has 0 aliphatic rings. The van der Waals surface area contributed by atoms with E-state index in [0.717, 1.165) is 5.56 Å². The van der Waals surface area contributed by atoms with E-state index in [2.05, 4.69) is 15.8 Å². The van der Waals surface area contributed by atoms with Crippen LogP contribution in [-0.2, 0) is 14.3 Å². The zero-order valence-electron chi connectivity index (χ0n) is 12.1. The smallest absolute Gasteiger partial charge is 0.329 e. The van der Waals surface area contributed by atoms with Crippen LogP contribution in [0, 0.1) is 0 Å². The molecule has 2 amide bonds. The standard InChI is InChI=1S/C14H19N3O4/c1-20-8-4-7-15-13(18)14(19)17-16-10-11-5-3-6-12(9-11)21-2/h3,5-6,9-10H,4,7-8H2,1-2H3,(H,15,18)(H,17,19)/b16-10+. The second-order valence-electron chi connectivity index (χ2n) is 4.08. The third-order valence-electron chi connectivity index (χ3n) is 2.49. The number of nitrogens with one attached hydrogen (secondary N) is 2. The van der Waals surface area contributed by atoms with Crippen molar-refractivity contribution in [1.29, 1.82) is 0 Å². The van der Waals surface area contributed by atoms with Crippen molar-refractivity contribution >= 4 is 18.0 Å². The molecule has 0 heterocycles. The summed E-state index contributed by atoms with van der Waals surface area (Å²) in [5.41, 5.74) is 2.90. The molecule has 0 aliphatic heterocycles. The summed E-state index contributed by atoms with van der Waals surface area (Å²) in [4.78, 5) is 22.8. The van der Waals surface area contributed by atoms with Crippen LogP contribution in [0.15, 0.2) is 29.4 Å². The summed E-state index contributed by atoms with van der Waals surface area (Å²) in [6.45, 7) is 0.898. The molecule has 1 rings (SSSR count). The first-order valence-electron chi connectivity index (χ1n) is 6.41. The van der Waals surface area contributed by atoms with Crippen molar-refractivity contribution in [1.82, 2.24) is 10.7 Å². The number of ether oxygens (including phenoxy) is 2. The van der Waals surface area contributed by atoms with E-state index < -0.39 is 11.8 Å². The minimum atomic E-state index is -0.813. The van der Waals surface area contributed by atoms with Crippen LogP contribution >= 0.6 is 0 Å². The van der Waals surface area contributed by atoms with Crippen LogP contribution in [0.4, 0.5) is 0 Å². The molecular weight excluding hydrogens is 274 g/mol. The van der Waals surface area contributed by atoms with Gasteiger partial charge in [-0.1, -0.05) is 12.1 Å². The first-order chi connectivity index (χ1) is 10.2. The Bertz CT molecular complexity index is 503. The molecule has 0 saturated carbocycles. The quantitative estimate of drug-likeness (QED) is 0.327. The van der Waals surface area contributed by atoms with Crippen molar-refractivity contribution in [2.45, 2.75) is 6.42 Å². The van der Waals surface area contributed by atoms with Crippen molar-refractivity contribution in [3.63, 3.8) is 0 Å². The van der Waals surface area contributed by atoms with Crippen LogP contribution in [0.1, 0.15) is 12.0 Å². The summed E-state index contributed by atoms with van der Waals surface area (Å²) < 4.78 is 9.89. The van der Waals surface area contributed by atoms with Crippen molar-refractivity contribution in [2.75, 3.05) is 27.4 Å². The highest BCUT2D eigenvalue weighted by atomic mass is 16.5. The number of hydrogen-bond donors (Lipinski definition) is 2. The lowest BCUT2D eigenvalue weighted by atomic mass is 10.2. The number of hydrazone groups is 1. The molecule has 7 nitrogen and oxygen atoms in total. The number of amides is 2. The molecule has 0 aromatic heterocycles. The first kappa shape index (κ1) is 16.6. The second-order valence-corrected chi connectivity index (χ2v) is 4.08. The molecule has 0 aliphatic carbocycles. The van der Waals surface area contributed by atoms with Crippen molar-refractivity contribution in [3.8, 4) is 5.75 Å². The van der Waals surface area contributed by atoms with E-state index in [0.29, 0.717) is 25.3 Å². The highest BCUT2D eigenvalue weighted by Crippen LogP contribution is 2.10. The highest BCUT2D eigenvalue weighted by Gasteiger charge is 2.11. The van der Waals surface area contributed by atoms with Gasteiger partial charge in [0.1, 0.15) is 5.75 Å². The van der Waals surface area contributed by atoms with Gasteiger partial charge in [0.25, 0.3) is 0 Å². The molecule has 0 bridgehead atoms. The molecule has 0 saturated heterocycles. The van der Waals surface area contributed by atoms with Gasteiger partial charge in [0.2, 0.25) is 0 Å². The van der Waals surface area contributed by atoms with E-state index in [1.54, 1.807) is 38.5 Å². The van der Waals surface area contributed by atoms with Gasteiger partial charge in [-0.25, -0.2) is 5.43 Å². The zero-order chi connectivity index (χ0) is 15.5. The molecule has 0 spiro atoms. The van der Waals surface area contributed by atoms with Gasteiger partial charge in [-0.05, 0) is 24.1 Å². The maximum atomic E-state index is 11.4. The van der Waals surface area contributed by atoms with Crippen LogP contribution in [-0.4, -0.2) is 45.4 Å². The Hall–Kier alpha value is -2.41. The van der Waals surface area contributed by atoms with Gasteiger partial charge in [-0.3, -0.25) is 9.59 Å². The second kappa shape index (κ2) is 9.49. The lowest BCUT2D eigenvalue weighted by Gasteiger charge is -2.03. The van der Waals surface area contributed by atoms with Crippen molar-refractivity contribution < 1.29 is 19.1 Å². The summed E-state index contributed by atoms with van der Waals surface area (Å²) in [5.74, 6) is -0.860. The highest BCUT2D eigenvalue weighted by molar-refractivity contribution is 6.35. The molecule has 114 valence electrons. The summed E-state index contributed by atoms with van der Waals surface area (Å²) >= 11 is 0. The Kier molecular flexibility index (Phi) is 7.52. The SMILES string of the molecule is COCCCNC(=O)C(=O)N/N=C/c1cccc(OC)c1. The van der Waals surface area contributed by atoms with Gasteiger partial charge < -0.3 is 14.8 Å². The van der Waals surface area contributed by atoms with E-state index in [-0.39, 0.29) is 0 Å². The predicted molar refractivity (Wildman–Crippen MR) is 78.2 cm³/mol. The van der Waals surface area contributed by atoms with Gasteiger partial charge in [-0.2, -0.15) is 5.10 Å². The lowest BCUT2D eigenvalue weighted by molar-refractivity contribution is -0.139. The van der Waals surface area contributed by atoms with Gasteiger partial charge in [0.15, 0.2) is 0 Å². The van der Waals surface area contributed by atoms with Gasteiger partial charge in [0.05, 0.1) is 13.3 Å². The summed E-state index contributed by atoms with van der Waals surface area (Å²) in [6.07, 6.45) is 2.07. The number of methoxy groups -OCH3 is 2. The Labute approximate surface area is 123 Å². The fourth-order valence-corrected chi connectivity index (χ4v) is 1.44. The van der Waals surface area contributed by atoms with Gasteiger partial charge >= 0.3 is 11.8 Å². The molecule has 1 aromatic carbocycles. The number of rotatable bonds is 7. The molecule has 0 unspecified atom stereocenters. The topological polar surface area (TPSA) is 89.0 Å². The van der Waals surface area contributed by atoms with Crippen LogP contribution in [0.3, 0.4) is 0 Å². The fourth-order valence-electron chi connectivity index (χ4n) is 1.44. The van der Waals surface area contributed by atoms with E-state index >= 15 is 0 Å². The van der Waals surface area contributed by atoms with E-state index in [4.69, 9.17) is 9.47 Å². The average Bonchev–Trinajstić information content (AvgIpc) is 2.51. The summed E-state index contributed by atoms with van der Waals surface area (Å²) in [6, 6.07) is 7.14. The van der Waals surface area contributed by atoms with Gasteiger partial charge in [-0.15, -0.1) is 0 Å². The fraction of sp³-hybridized carbons (Fsp3) is 0.357. The number of hydrogen-bond acceptors (Lipinski definition) is 5. The number of benzene rings is 1. The van der Waals surface area contributed by atoms with E-state index in [1.807, 2.05) is 0 Å². The Balaban J connectivity index is 2.37. The van der Waals surface area contributed by atoms with Crippen LogP contribution in [0.25, 0.3) is 0 Å².